The lowest BCUT2D eigenvalue weighted by Crippen LogP contribution is -2.32. The number of nitrogens with zero attached hydrogens (tertiary/aromatic N) is 2. The molecule has 126 valence electrons. The van der Waals surface area contributed by atoms with E-state index in [-0.39, 0.29) is 24.1 Å². The molecule has 2 N–H and O–H groups in total. The second-order valence-corrected chi connectivity index (χ2v) is 6.66. The van der Waals surface area contributed by atoms with Gasteiger partial charge in [0.2, 0.25) is 5.91 Å². The third-order valence-electron chi connectivity index (χ3n) is 4.06. The lowest BCUT2D eigenvalue weighted by atomic mass is 10.1. The minimum absolute atomic E-state index is 0.101. The van der Waals surface area contributed by atoms with Crippen molar-refractivity contribution in [1.29, 1.82) is 0 Å². The summed E-state index contributed by atoms with van der Waals surface area (Å²) >= 11 is 1.61. The summed E-state index contributed by atoms with van der Waals surface area (Å²) in [5.41, 5.74) is 3.69. The van der Waals surface area contributed by atoms with E-state index in [1.165, 1.54) is 4.68 Å². The van der Waals surface area contributed by atoms with Crippen LogP contribution in [0.4, 0.5) is 0 Å². The van der Waals surface area contributed by atoms with Crippen LogP contribution in [0.1, 0.15) is 17.3 Å². The predicted octanol–water partition coefficient (Wildman–Crippen LogP) is 2.94. The summed E-state index contributed by atoms with van der Waals surface area (Å²) in [5, 5.41) is 1.99. The maximum atomic E-state index is 12.6. The highest BCUT2D eigenvalue weighted by Gasteiger charge is 2.19. The SMILES string of the molecule is O=C(CC(c1cccs1)n1cccc1)Nn1c(=O)[nH]c2ccccc21. The molecule has 0 aliphatic carbocycles. The fourth-order valence-electron chi connectivity index (χ4n) is 2.90. The van der Waals surface area contributed by atoms with Gasteiger partial charge in [-0.15, -0.1) is 11.3 Å². The molecule has 3 aromatic heterocycles. The van der Waals surface area contributed by atoms with Crippen molar-refractivity contribution in [2.24, 2.45) is 0 Å². The van der Waals surface area contributed by atoms with Gasteiger partial charge in [0, 0.05) is 17.3 Å². The number of carbonyl (C=O) groups is 1. The molecule has 0 spiro atoms. The molecule has 4 aromatic rings. The van der Waals surface area contributed by atoms with Gasteiger partial charge in [0.1, 0.15) is 0 Å². The van der Waals surface area contributed by atoms with Gasteiger partial charge in [0.25, 0.3) is 0 Å². The molecule has 7 heteroatoms. The lowest BCUT2D eigenvalue weighted by Gasteiger charge is -2.17. The molecule has 6 nitrogen and oxygen atoms in total. The van der Waals surface area contributed by atoms with Crippen molar-refractivity contribution >= 4 is 28.3 Å². The van der Waals surface area contributed by atoms with Gasteiger partial charge in [-0.25, -0.2) is 9.47 Å². The highest BCUT2D eigenvalue weighted by molar-refractivity contribution is 7.10. The number of imidazole rings is 1. The standard InChI is InChI=1S/C18H16N4O2S/c23-17(20-22-14-7-2-1-6-13(14)19-18(22)24)12-15(16-8-5-11-25-16)21-9-3-4-10-21/h1-11,15H,12H2,(H,19,24)(H,20,23). The van der Waals surface area contributed by atoms with Gasteiger partial charge < -0.3 is 9.55 Å². The average Bonchev–Trinajstić information content (AvgIpc) is 3.35. The number of nitrogens with one attached hydrogen (secondary N) is 2. The van der Waals surface area contributed by atoms with Gasteiger partial charge in [-0.1, -0.05) is 18.2 Å². The summed E-state index contributed by atoms with van der Waals surface area (Å²) in [6.07, 6.45) is 4.12. The first-order valence-electron chi connectivity index (χ1n) is 7.88. The van der Waals surface area contributed by atoms with Gasteiger partial charge in [-0.2, -0.15) is 0 Å². The summed E-state index contributed by atoms with van der Waals surface area (Å²) in [6.45, 7) is 0. The molecule has 1 amide bonds. The normalized spacial score (nSPS) is 12.3. The van der Waals surface area contributed by atoms with Crippen molar-refractivity contribution in [2.45, 2.75) is 12.5 Å². The molecule has 0 saturated heterocycles. The number of rotatable bonds is 5. The summed E-state index contributed by atoms with van der Waals surface area (Å²) in [5.74, 6) is -0.223. The highest BCUT2D eigenvalue weighted by Crippen LogP contribution is 2.26. The molecule has 0 aliphatic rings. The molecule has 1 unspecified atom stereocenters. The molecule has 1 aromatic carbocycles. The number of aromatic nitrogens is 3. The molecular formula is C18H16N4O2S. The summed E-state index contributed by atoms with van der Waals surface area (Å²) in [6, 6.07) is 15.0. The van der Waals surface area contributed by atoms with Gasteiger partial charge >= 0.3 is 5.69 Å². The second-order valence-electron chi connectivity index (χ2n) is 5.68. The van der Waals surface area contributed by atoms with Crippen LogP contribution in [-0.2, 0) is 4.79 Å². The van der Waals surface area contributed by atoms with Crippen LogP contribution < -0.4 is 11.1 Å². The Morgan fingerprint density at radius 3 is 2.68 bits per heavy atom. The minimum atomic E-state index is -0.358. The Balaban J connectivity index is 1.60. The topological polar surface area (TPSA) is 71.8 Å². The largest absolute Gasteiger partial charge is 0.346 e. The van der Waals surface area contributed by atoms with Crippen LogP contribution in [0.15, 0.2) is 71.1 Å². The van der Waals surface area contributed by atoms with E-state index in [1.54, 1.807) is 23.5 Å². The number of H-pyrrole nitrogens is 1. The van der Waals surface area contributed by atoms with Crippen LogP contribution in [0.3, 0.4) is 0 Å². The molecule has 0 aliphatic heterocycles. The molecular weight excluding hydrogens is 336 g/mol. The summed E-state index contributed by atoms with van der Waals surface area (Å²) in [7, 11) is 0. The Kier molecular flexibility index (Phi) is 3.99. The summed E-state index contributed by atoms with van der Waals surface area (Å²) in [4.78, 5) is 28.5. The number of fused-ring (bicyclic) bond motifs is 1. The van der Waals surface area contributed by atoms with Crippen LogP contribution in [0.25, 0.3) is 11.0 Å². The molecule has 0 fully saturated rings. The number of para-hydroxylation sites is 2. The number of benzene rings is 1. The van der Waals surface area contributed by atoms with E-state index in [9.17, 15) is 9.59 Å². The van der Waals surface area contributed by atoms with E-state index >= 15 is 0 Å². The van der Waals surface area contributed by atoms with Crippen LogP contribution >= 0.6 is 11.3 Å². The molecule has 0 bridgehead atoms. The number of carbonyl (C=O) groups excluding carboxylic acids is 1. The van der Waals surface area contributed by atoms with Crippen LogP contribution in [0, 0.1) is 0 Å². The van der Waals surface area contributed by atoms with E-state index in [2.05, 4.69) is 10.4 Å². The maximum absolute atomic E-state index is 12.6. The van der Waals surface area contributed by atoms with Gasteiger partial charge in [0.15, 0.2) is 0 Å². The van der Waals surface area contributed by atoms with Crippen molar-refractivity contribution in [1.82, 2.24) is 14.2 Å². The van der Waals surface area contributed by atoms with Crippen LogP contribution in [0.2, 0.25) is 0 Å². The number of amides is 1. The first-order valence-corrected chi connectivity index (χ1v) is 8.76. The molecule has 3 heterocycles. The van der Waals surface area contributed by atoms with E-state index in [0.29, 0.717) is 11.0 Å². The zero-order valence-corrected chi connectivity index (χ0v) is 14.1. The Bertz CT molecular complexity index is 1010. The third-order valence-corrected chi connectivity index (χ3v) is 5.04. The number of hydrogen-bond donors (Lipinski definition) is 2. The van der Waals surface area contributed by atoms with Gasteiger partial charge in [-0.3, -0.25) is 10.2 Å². The first-order chi connectivity index (χ1) is 12.2. The Morgan fingerprint density at radius 2 is 1.92 bits per heavy atom. The van der Waals surface area contributed by atoms with E-state index in [4.69, 9.17) is 0 Å². The second kappa shape index (κ2) is 6.45. The third kappa shape index (κ3) is 3.01. The van der Waals surface area contributed by atoms with Crippen LogP contribution in [0.5, 0.6) is 0 Å². The van der Waals surface area contributed by atoms with Crippen molar-refractivity contribution in [3.05, 3.63) is 81.7 Å². The monoisotopic (exact) mass is 352 g/mol. The van der Waals surface area contributed by atoms with E-state index in [0.717, 1.165) is 4.88 Å². The zero-order chi connectivity index (χ0) is 17.2. The molecule has 4 rings (SSSR count). The molecule has 0 radical (unpaired) electrons. The van der Waals surface area contributed by atoms with Crippen molar-refractivity contribution in [2.75, 3.05) is 5.43 Å². The number of aromatic amines is 1. The first kappa shape index (κ1) is 15.5. The number of hydrogen-bond acceptors (Lipinski definition) is 3. The lowest BCUT2D eigenvalue weighted by molar-refractivity contribution is -0.117. The van der Waals surface area contributed by atoms with E-state index < -0.39 is 0 Å². The van der Waals surface area contributed by atoms with Crippen molar-refractivity contribution in [3.8, 4) is 0 Å². The predicted molar refractivity (Wildman–Crippen MR) is 98.4 cm³/mol. The highest BCUT2D eigenvalue weighted by atomic mass is 32.1. The molecule has 0 saturated carbocycles. The smallest absolute Gasteiger partial charge is 0.345 e. The van der Waals surface area contributed by atoms with Crippen LogP contribution in [-0.4, -0.2) is 20.1 Å². The Hall–Kier alpha value is -3.06. The summed E-state index contributed by atoms with van der Waals surface area (Å²) < 4.78 is 3.27. The number of thiophene rings is 1. The molecule has 25 heavy (non-hydrogen) atoms. The Labute approximate surface area is 147 Å². The average molecular weight is 352 g/mol. The van der Waals surface area contributed by atoms with Gasteiger partial charge in [-0.05, 0) is 35.7 Å². The van der Waals surface area contributed by atoms with E-state index in [1.807, 2.05) is 58.7 Å². The van der Waals surface area contributed by atoms with Crippen molar-refractivity contribution < 1.29 is 4.79 Å². The van der Waals surface area contributed by atoms with Gasteiger partial charge in [0.05, 0.1) is 23.5 Å². The maximum Gasteiger partial charge on any atom is 0.345 e. The fourth-order valence-corrected chi connectivity index (χ4v) is 3.73. The molecule has 1 atom stereocenters. The minimum Gasteiger partial charge on any atom is -0.346 e. The quantitative estimate of drug-likeness (QED) is 0.580. The van der Waals surface area contributed by atoms with Crippen molar-refractivity contribution in [3.63, 3.8) is 0 Å². The fraction of sp³-hybridized carbons (Fsp3) is 0.111. The Morgan fingerprint density at radius 1 is 1.12 bits per heavy atom. The zero-order valence-electron chi connectivity index (χ0n) is 13.3.